The standard InChI is InChI=1S/C20H34N2O2/c23-19(14-18-13-16-4-5-17(18)12-16)21-15-20(6-2-1-3-7-20)22-8-10-24-11-9-22/h16-18H,1-15H2,(H,21,23)/t16-,17-,18-/m1/s1. The number of fused-ring (bicyclic) bond motifs is 2. The van der Waals surface area contributed by atoms with Gasteiger partial charge in [0.25, 0.3) is 0 Å². The lowest BCUT2D eigenvalue weighted by Gasteiger charge is -2.48. The maximum absolute atomic E-state index is 12.6. The molecule has 4 rings (SSSR count). The zero-order valence-electron chi connectivity index (χ0n) is 15.1. The first kappa shape index (κ1) is 16.8. The lowest BCUT2D eigenvalue weighted by molar-refractivity contribution is -0.123. The molecule has 0 aromatic heterocycles. The van der Waals surface area contributed by atoms with Crippen molar-refractivity contribution in [2.24, 2.45) is 17.8 Å². The van der Waals surface area contributed by atoms with Crippen molar-refractivity contribution in [3.63, 3.8) is 0 Å². The second-order valence-electron chi connectivity index (χ2n) is 8.80. The van der Waals surface area contributed by atoms with Crippen molar-refractivity contribution in [3.05, 3.63) is 0 Å². The van der Waals surface area contributed by atoms with Gasteiger partial charge in [-0.25, -0.2) is 0 Å². The van der Waals surface area contributed by atoms with Crippen molar-refractivity contribution in [3.8, 4) is 0 Å². The molecule has 1 aliphatic heterocycles. The van der Waals surface area contributed by atoms with Gasteiger partial charge >= 0.3 is 0 Å². The lowest BCUT2D eigenvalue weighted by atomic mass is 9.79. The number of ether oxygens (including phenoxy) is 1. The SMILES string of the molecule is O=C(C[C@H]1C[C@@H]2CC[C@@H]1C2)NCC1(N2CCOCC2)CCCCC1. The van der Waals surface area contributed by atoms with E-state index in [0.717, 1.165) is 51.1 Å². The van der Waals surface area contributed by atoms with Gasteiger partial charge in [0.1, 0.15) is 0 Å². The molecule has 4 aliphatic rings. The smallest absolute Gasteiger partial charge is 0.220 e. The summed E-state index contributed by atoms with van der Waals surface area (Å²) >= 11 is 0. The Morgan fingerprint density at radius 1 is 1.08 bits per heavy atom. The number of hydrogen-bond donors (Lipinski definition) is 1. The zero-order chi connectivity index (χ0) is 16.4. The largest absolute Gasteiger partial charge is 0.379 e. The molecule has 3 aliphatic carbocycles. The summed E-state index contributed by atoms with van der Waals surface area (Å²) < 4.78 is 5.55. The molecular formula is C20H34N2O2. The molecule has 0 aromatic rings. The van der Waals surface area contributed by atoms with Crippen LogP contribution in [0, 0.1) is 17.8 Å². The van der Waals surface area contributed by atoms with E-state index in [2.05, 4.69) is 10.2 Å². The molecule has 1 saturated heterocycles. The Morgan fingerprint density at radius 2 is 1.88 bits per heavy atom. The van der Waals surface area contributed by atoms with E-state index in [-0.39, 0.29) is 5.54 Å². The number of morpholine rings is 1. The normalized spacial score (nSPS) is 35.9. The van der Waals surface area contributed by atoms with Crippen molar-refractivity contribution < 1.29 is 9.53 Å². The third-order valence-electron chi connectivity index (χ3n) is 7.41. The quantitative estimate of drug-likeness (QED) is 0.840. The van der Waals surface area contributed by atoms with Crippen molar-refractivity contribution in [1.82, 2.24) is 10.2 Å². The first-order valence-electron chi connectivity index (χ1n) is 10.3. The molecule has 0 spiro atoms. The topological polar surface area (TPSA) is 41.6 Å². The average Bonchev–Trinajstić information content (AvgIpc) is 3.25. The van der Waals surface area contributed by atoms with Crippen molar-refractivity contribution >= 4 is 5.91 Å². The van der Waals surface area contributed by atoms with Gasteiger partial charge in [0, 0.05) is 31.6 Å². The maximum Gasteiger partial charge on any atom is 0.220 e. The van der Waals surface area contributed by atoms with Crippen molar-refractivity contribution in [2.45, 2.75) is 69.7 Å². The van der Waals surface area contributed by atoms with E-state index in [1.807, 2.05) is 0 Å². The van der Waals surface area contributed by atoms with Crippen LogP contribution in [0.15, 0.2) is 0 Å². The Labute approximate surface area is 146 Å². The summed E-state index contributed by atoms with van der Waals surface area (Å²) in [4.78, 5) is 15.2. The van der Waals surface area contributed by atoms with E-state index in [1.54, 1.807) is 0 Å². The predicted molar refractivity (Wildman–Crippen MR) is 94.8 cm³/mol. The third-order valence-corrected chi connectivity index (χ3v) is 7.41. The van der Waals surface area contributed by atoms with Crippen LogP contribution in [-0.2, 0) is 9.53 Å². The van der Waals surface area contributed by atoms with Crippen LogP contribution in [0.25, 0.3) is 0 Å². The molecule has 4 nitrogen and oxygen atoms in total. The molecule has 0 aromatic carbocycles. The molecule has 136 valence electrons. The molecule has 1 N–H and O–H groups in total. The summed E-state index contributed by atoms with van der Waals surface area (Å²) in [7, 11) is 0. The molecule has 1 heterocycles. The van der Waals surface area contributed by atoms with Gasteiger partial charge in [-0.2, -0.15) is 0 Å². The van der Waals surface area contributed by atoms with Gasteiger partial charge in [-0.1, -0.05) is 25.7 Å². The fraction of sp³-hybridized carbons (Fsp3) is 0.950. The fourth-order valence-corrected chi connectivity index (χ4v) is 6.05. The molecule has 1 amide bonds. The second kappa shape index (κ2) is 7.33. The summed E-state index contributed by atoms with van der Waals surface area (Å²) in [6.45, 7) is 4.61. The van der Waals surface area contributed by atoms with Gasteiger partial charge in [-0.05, 0) is 49.9 Å². The Bertz CT molecular complexity index is 441. The van der Waals surface area contributed by atoms with E-state index >= 15 is 0 Å². The van der Waals surface area contributed by atoms with Gasteiger partial charge in [-0.15, -0.1) is 0 Å². The van der Waals surface area contributed by atoms with Crippen LogP contribution in [0.3, 0.4) is 0 Å². The van der Waals surface area contributed by atoms with Crippen LogP contribution < -0.4 is 5.32 Å². The summed E-state index contributed by atoms with van der Waals surface area (Å²) in [5.41, 5.74) is 0.201. The minimum Gasteiger partial charge on any atom is -0.379 e. The molecule has 0 unspecified atom stereocenters. The maximum atomic E-state index is 12.6. The third kappa shape index (κ3) is 3.50. The van der Waals surface area contributed by atoms with Crippen LogP contribution in [0.2, 0.25) is 0 Å². The number of nitrogens with one attached hydrogen (secondary N) is 1. The first-order chi connectivity index (χ1) is 11.8. The second-order valence-corrected chi connectivity index (χ2v) is 8.80. The highest BCUT2D eigenvalue weighted by atomic mass is 16.5. The van der Waals surface area contributed by atoms with Crippen LogP contribution in [0.1, 0.15) is 64.2 Å². The minimum absolute atomic E-state index is 0.201. The Morgan fingerprint density at radius 3 is 2.54 bits per heavy atom. The zero-order valence-corrected chi connectivity index (χ0v) is 15.1. The van der Waals surface area contributed by atoms with Crippen molar-refractivity contribution in [1.29, 1.82) is 0 Å². The van der Waals surface area contributed by atoms with Gasteiger partial charge < -0.3 is 10.1 Å². The minimum atomic E-state index is 0.201. The lowest BCUT2D eigenvalue weighted by Crippen LogP contribution is -2.59. The highest BCUT2D eigenvalue weighted by Gasteiger charge is 2.41. The van der Waals surface area contributed by atoms with E-state index < -0.39 is 0 Å². The predicted octanol–water partition coefficient (Wildman–Crippen LogP) is 2.96. The number of carbonyl (C=O) groups excluding carboxylic acids is 1. The Kier molecular flexibility index (Phi) is 5.14. The van der Waals surface area contributed by atoms with Crippen LogP contribution >= 0.6 is 0 Å². The number of amides is 1. The molecule has 3 saturated carbocycles. The number of nitrogens with zero attached hydrogens (tertiary/aromatic N) is 1. The number of rotatable bonds is 5. The Hall–Kier alpha value is -0.610. The number of carbonyl (C=O) groups is 1. The molecule has 24 heavy (non-hydrogen) atoms. The van der Waals surface area contributed by atoms with Gasteiger partial charge in [0.15, 0.2) is 0 Å². The fourth-order valence-electron chi connectivity index (χ4n) is 6.05. The molecule has 3 atom stereocenters. The molecule has 2 bridgehead atoms. The van der Waals surface area contributed by atoms with E-state index in [1.165, 1.54) is 57.8 Å². The van der Waals surface area contributed by atoms with Crippen molar-refractivity contribution in [2.75, 3.05) is 32.8 Å². The van der Waals surface area contributed by atoms with E-state index in [4.69, 9.17) is 4.74 Å². The number of hydrogen-bond acceptors (Lipinski definition) is 3. The van der Waals surface area contributed by atoms with Crippen LogP contribution in [-0.4, -0.2) is 49.2 Å². The van der Waals surface area contributed by atoms with Crippen LogP contribution in [0.5, 0.6) is 0 Å². The van der Waals surface area contributed by atoms with Gasteiger partial charge in [0.05, 0.1) is 13.2 Å². The van der Waals surface area contributed by atoms with E-state index in [0.29, 0.717) is 11.8 Å². The summed E-state index contributed by atoms with van der Waals surface area (Å²) in [6.07, 6.45) is 12.7. The summed E-state index contributed by atoms with van der Waals surface area (Å²) in [5, 5.41) is 3.36. The molecule has 4 fully saturated rings. The first-order valence-corrected chi connectivity index (χ1v) is 10.3. The monoisotopic (exact) mass is 334 g/mol. The Balaban J connectivity index is 1.31. The summed E-state index contributed by atoms with van der Waals surface area (Å²) in [5.74, 6) is 2.77. The molecular weight excluding hydrogens is 300 g/mol. The highest BCUT2D eigenvalue weighted by molar-refractivity contribution is 5.76. The average molecular weight is 335 g/mol. The van der Waals surface area contributed by atoms with E-state index in [9.17, 15) is 4.79 Å². The molecule has 4 heteroatoms. The summed E-state index contributed by atoms with van der Waals surface area (Å²) in [6, 6.07) is 0. The van der Waals surface area contributed by atoms with Gasteiger partial charge in [0.2, 0.25) is 5.91 Å². The highest BCUT2D eigenvalue weighted by Crippen LogP contribution is 2.49. The molecule has 0 radical (unpaired) electrons. The van der Waals surface area contributed by atoms with Crippen LogP contribution in [0.4, 0.5) is 0 Å². The van der Waals surface area contributed by atoms with Gasteiger partial charge in [-0.3, -0.25) is 9.69 Å².